The second kappa shape index (κ2) is 6.92. The summed E-state index contributed by atoms with van der Waals surface area (Å²) in [5.41, 5.74) is 3.46. The number of pyridine rings is 1. The van der Waals surface area contributed by atoms with E-state index in [4.69, 9.17) is 4.74 Å². The zero-order valence-corrected chi connectivity index (χ0v) is 17.5. The van der Waals surface area contributed by atoms with Crippen molar-refractivity contribution in [3.05, 3.63) is 62.5 Å². The van der Waals surface area contributed by atoms with Gasteiger partial charge in [-0.25, -0.2) is 0 Å². The van der Waals surface area contributed by atoms with Gasteiger partial charge in [-0.05, 0) is 53.1 Å². The standard InChI is InChI=1S/C22H24BrNO2/c1-6-14-8-10-16(21(25)24-14)17-12-19(22(2,3)4)20(26-5)18-11-13(23)7-9-15(17)18/h7-12H,6H2,1-5H3,(H,24,25). The van der Waals surface area contributed by atoms with Crippen molar-refractivity contribution in [1.29, 1.82) is 0 Å². The number of aromatic amines is 1. The largest absolute Gasteiger partial charge is 0.496 e. The lowest BCUT2D eigenvalue weighted by Gasteiger charge is -2.25. The zero-order chi connectivity index (χ0) is 19.1. The number of halogens is 1. The van der Waals surface area contributed by atoms with Gasteiger partial charge in [-0.2, -0.15) is 0 Å². The fraction of sp³-hybridized carbons (Fsp3) is 0.318. The Morgan fingerprint density at radius 2 is 1.77 bits per heavy atom. The Morgan fingerprint density at radius 1 is 1.04 bits per heavy atom. The Bertz CT molecular complexity index is 1030. The SMILES string of the molecule is CCc1ccc(-c2cc(C(C)(C)C)c(OC)c3cc(Br)ccc23)c(=O)[nH]1. The van der Waals surface area contributed by atoms with Crippen LogP contribution in [0, 0.1) is 0 Å². The highest BCUT2D eigenvalue weighted by Gasteiger charge is 2.24. The van der Waals surface area contributed by atoms with Crippen LogP contribution in [-0.2, 0) is 11.8 Å². The lowest BCUT2D eigenvalue weighted by molar-refractivity contribution is 0.403. The highest BCUT2D eigenvalue weighted by atomic mass is 79.9. The number of nitrogens with one attached hydrogen (secondary N) is 1. The maximum Gasteiger partial charge on any atom is 0.256 e. The van der Waals surface area contributed by atoms with E-state index < -0.39 is 0 Å². The van der Waals surface area contributed by atoms with Crippen molar-refractivity contribution in [3.8, 4) is 16.9 Å². The van der Waals surface area contributed by atoms with Crippen LogP contribution in [0.5, 0.6) is 5.75 Å². The maximum absolute atomic E-state index is 12.7. The zero-order valence-electron chi connectivity index (χ0n) is 15.9. The minimum Gasteiger partial charge on any atom is -0.496 e. The van der Waals surface area contributed by atoms with E-state index in [0.29, 0.717) is 5.56 Å². The van der Waals surface area contributed by atoms with Gasteiger partial charge < -0.3 is 9.72 Å². The second-order valence-corrected chi connectivity index (χ2v) is 8.44. The fourth-order valence-corrected chi connectivity index (χ4v) is 3.67. The molecule has 1 N–H and O–H groups in total. The van der Waals surface area contributed by atoms with Gasteiger partial charge in [0, 0.05) is 26.7 Å². The van der Waals surface area contributed by atoms with Crippen LogP contribution in [0.4, 0.5) is 0 Å². The van der Waals surface area contributed by atoms with Gasteiger partial charge in [0.15, 0.2) is 0 Å². The monoisotopic (exact) mass is 413 g/mol. The topological polar surface area (TPSA) is 42.1 Å². The van der Waals surface area contributed by atoms with E-state index >= 15 is 0 Å². The van der Waals surface area contributed by atoms with Crippen molar-refractivity contribution >= 4 is 26.7 Å². The summed E-state index contributed by atoms with van der Waals surface area (Å²) in [6.45, 7) is 8.50. The van der Waals surface area contributed by atoms with Gasteiger partial charge in [-0.3, -0.25) is 4.79 Å². The molecule has 0 spiro atoms. The molecular formula is C22H24BrNO2. The van der Waals surface area contributed by atoms with Crippen LogP contribution < -0.4 is 10.3 Å². The van der Waals surface area contributed by atoms with Crippen LogP contribution in [0.3, 0.4) is 0 Å². The van der Waals surface area contributed by atoms with E-state index in [1.54, 1.807) is 7.11 Å². The number of methoxy groups -OCH3 is 1. The molecule has 0 aliphatic carbocycles. The number of H-pyrrole nitrogens is 1. The van der Waals surface area contributed by atoms with Crippen LogP contribution in [0.1, 0.15) is 39.0 Å². The van der Waals surface area contributed by atoms with E-state index in [2.05, 4.69) is 53.8 Å². The van der Waals surface area contributed by atoms with Crippen LogP contribution in [-0.4, -0.2) is 12.1 Å². The first kappa shape index (κ1) is 18.7. The maximum atomic E-state index is 12.7. The number of hydrogen-bond donors (Lipinski definition) is 1. The van der Waals surface area contributed by atoms with Crippen molar-refractivity contribution in [3.63, 3.8) is 0 Å². The Balaban J connectivity index is 2.44. The van der Waals surface area contributed by atoms with Crippen molar-refractivity contribution in [2.24, 2.45) is 0 Å². The third-order valence-electron chi connectivity index (χ3n) is 4.70. The van der Waals surface area contributed by atoms with Crippen LogP contribution >= 0.6 is 15.9 Å². The highest BCUT2D eigenvalue weighted by Crippen LogP contribution is 2.42. The van der Waals surface area contributed by atoms with Crippen molar-refractivity contribution in [1.82, 2.24) is 4.98 Å². The molecule has 26 heavy (non-hydrogen) atoms. The van der Waals surface area contributed by atoms with Gasteiger partial charge >= 0.3 is 0 Å². The number of aromatic nitrogens is 1. The molecule has 2 aromatic carbocycles. The summed E-state index contributed by atoms with van der Waals surface area (Å²) >= 11 is 3.56. The summed E-state index contributed by atoms with van der Waals surface area (Å²) in [7, 11) is 1.70. The molecule has 0 aliphatic heterocycles. The van der Waals surface area contributed by atoms with Crippen molar-refractivity contribution in [2.75, 3.05) is 7.11 Å². The summed E-state index contributed by atoms with van der Waals surface area (Å²) in [5.74, 6) is 0.860. The molecule has 1 heterocycles. The van der Waals surface area contributed by atoms with Crippen LogP contribution in [0.2, 0.25) is 0 Å². The molecule has 3 nitrogen and oxygen atoms in total. The first-order valence-electron chi connectivity index (χ1n) is 8.79. The molecule has 136 valence electrons. The summed E-state index contributed by atoms with van der Waals surface area (Å²) < 4.78 is 6.77. The molecule has 0 atom stereocenters. The van der Waals surface area contributed by atoms with Crippen LogP contribution in [0.25, 0.3) is 21.9 Å². The molecule has 0 fully saturated rings. The number of rotatable bonds is 3. The number of fused-ring (bicyclic) bond motifs is 1. The summed E-state index contributed by atoms with van der Waals surface area (Å²) in [6, 6.07) is 12.1. The molecule has 3 rings (SSSR count). The smallest absolute Gasteiger partial charge is 0.256 e. The minimum absolute atomic E-state index is 0.0569. The number of aryl methyl sites for hydroxylation is 1. The molecule has 0 saturated carbocycles. The van der Waals surface area contributed by atoms with Crippen LogP contribution in [0.15, 0.2) is 45.7 Å². The minimum atomic E-state index is -0.118. The summed E-state index contributed by atoms with van der Waals surface area (Å²) in [4.78, 5) is 15.7. The first-order chi connectivity index (χ1) is 12.3. The summed E-state index contributed by atoms with van der Waals surface area (Å²) in [6.07, 6.45) is 0.805. The number of benzene rings is 2. The van der Waals surface area contributed by atoms with Crippen molar-refractivity contribution < 1.29 is 4.74 Å². The molecule has 1 aromatic heterocycles. The Morgan fingerprint density at radius 3 is 2.35 bits per heavy atom. The van der Waals surface area contributed by atoms with E-state index in [1.807, 2.05) is 31.2 Å². The third-order valence-corrected chi connectivity index (χ3v) is 5.20. The van der Waals surface area contributed by atoms with Gasteiger partial charge in [0.2, 0.25) is 0 Å². The summed E-state index contributed by atoms with van der Waals surface area (Å²) in [5, 5.41) is 2.01. The Kier molecular flexibility index (Phi) is 4.98. The van der Waals surface area contributed by atoms with E-state index in [9.17, 15) is 4.79 Å². The van der Waals surface area contributed by atoms with Gasteiger partial charge in [-0.15, -0.1) is 0 Å². The highest BCUT2D eigenvalue weighted by molar-refractivity contribution is 9.10. The molecule has 0 saturated heterocycles. The predicted molar refractivity (Wildman–Crippen MR) is 112 cm³/mol. The molecule has 4 heteroatoms. The quantitative estimate of drug-likeness (QED) is 0.586. The van der Waals surface area contributed by atoms with Gasteiger partial charge in [0.05, 0.1) is 7.11 Å². The van der Waals surface area contributed by atoms with Crippen molar-refractivity contribution in [2.45, 2.75) is 39.5 Å². The Labute approximate surface area is 162 Å². The van der Waals surface area contributed by atoms with Gasteiger partial charge in [0.25, 0.3) is 5.56 Å². The normalized spacial score (nSPS) is 11.8. The fourth-order valence-electron chi connectivity index (χ4n) is 3.30. The lowest BCUT2D eigenvalue weighted by Crippen LogP contribution is -2.15. The van der Waals surface area contributed by atoms with E-state index in [0.717, 1.165) is 44.2 Å². The molecular weight excluding hydrogens is 390 g/mol. The second-order valence-electron chi connectivity index (χ2n) is 7.52. The average molecular weight is 414 g/mol. The molecule has 3 aromatic rings. The predicted octanol–water partition coefficient (Wildman–Crippen LogP) is 5.83. The molecule has 0 amide bonds. The molecule has 0 radical (unpaired) electrons. The molecule has 0 aliphatic rings. The first-order valence-corrected chi connectivity index (χ1v) is 9.59. The molecule has 0 bridgehead atoms. The average Bonchev–Trinajstić information content (AvgIpc) is 2.59. The Hall–Kier alpha value is -2.07. The number of hydrogen-bond acceptors (Lipinski definition) is 2. The number of ether oxygens (including phenoxy) is 1. The lowest BCUT2D eigenvalue weighted by atomic mass is 9.82. The third kappa shape index (κ3) is 3.30. The van der Waals surface area contributed by atoms with Gasteiger partial charge in [-0.1, -0.05) is 49.7 Å². The van der Waals surface area contributed by atoms with E-state index in [-0.39, 0.29) is 11.0 Å². The van der Waals surface area contributed by atoms with Gasteiger partial charge in [0.1, 0.15) is 5.75 Å². The molecule has 0 unspecified atom stereocenters. The van der Waals surface area contributed by atoms with E-state index in [1.165, 1.54) is 0 Å².